The third-order valence-corrected chi connectivity index (χ3v) is 3.63. The average Bonchev–Trinajstić information content (AvgIpc) is 2.48. The summed E-state index contributed by atoms with van der Waals surface area (Å²) in [5, 5.41) is 3.42. The van der Waals surface area contributed by atoms with Gasteiger partial charge in [-0.3, -0.25) is 0 Å². The molecule has 0 amide bonds. The number of para-hydroxylation sites is 1. The van der Waals surface area contributed by atoms with Crippen LogP contribution in [0.2, 0.25) is 0 Å². The Balaban J connectivity index is 1.82. The molecule has 1 aliphatic carbocycles. The highest BCUT2D eigenvalue weighted by molar-refractivity contribution is 5.29. The van der Waals surface area contributed by atoms with Gasteiger partial charge < -0.3 is 15.8 Å². The highest BCUT2D eigenvalue weighted by atomic mass is 16.5. The average molecular weight is 286 g/mol. The van der Waals surface area contributed by atoms with E-state index in [1.54, 1.807) is 0 Å². The lowest BCUT2D eigenvalue weighted by Gasteiger charge is -2.31. The molecule has 0 radical (unpaired) electrons. The highest BCUT2D eigenvalue weighted by Gasteiger charge is 2.26. The molecule has 1 aromatic carbocycles. The molecule has 1 atom stereocenters. The van der Waals surface area contributed by atoms with Crippen LogP contribution in [0.25, 0.3) is 0 Å². The molecule has 21 heavy (non-hydrogen) atoms. The zero-order chi connectivity index (χ0) is 15.0. The van der Waals surface area contributed by atoms with Gasteiger partial charge in [-0.15, -0.1) is 0 Å². The second-order valence-electron chi connectivity index (χ2n) is 5.73. The van der Waals surface area contributed by atoms with Gasteiger partial charge >= 0.3 is 0 Å². The van der Waals surface area contributed by atoms with Crippen LogP contribution in [0.4, 0.5) is 0 Å². The van der Waals surface area contributed by atoms with E-state index in [9.17, 15) is 0 Å². The Morgan fingerprint density at radius 3 is 2.81 bits per heavy atom. The van der Waals surface area contributed by atoms with E-state index in [1.807, 2.05) is 30.3 Å². The number of rotatable bonds is 8. The van der Waals surface area contributed by atoms with E-state index in [0.29, 0.717) is 0 Å². The van der Waals surface area contributed by atoms with Crippen LogP contribution in [-0.2, 0) is 0 Å². The Morgan fingerprint density at radius 1 is 1.24 bits per heavy atom. The summed E-state index contributed by atoms with van der Waals surface area (Å²) < 4.78 is 6.15. The molecule has 0 aliphatic heterocycles. The predicted octanol–water partition coefficient (Wildman–Crippen LogP) is 3.04. The normalized spacial score (nSPS) is 21.1. The lowest BCUT2D eigenvalue weighted by atomic mass is 9.89. The van der Waals surface area contributed by atoms with Crippen LogP contribution in [0, 0.1) is 0 Å². The molecule has 3 heteroatoms. The van der Waals surface area contributed by atoms with Crippen LogP contribution >= 0.6 is 0 Å². The fourth-order valence-corrected chi connectivity index (χ4v) is 2.56. The van der Waals surface area contributed by atoms with Crippen LogP contribution in [0.15, 0.2) is 54.1 Å². The maximum Gasteiger partial charge on any atom is 0.128 e. The van der Waals surface area contributed by atoms with Gasteiger partial charge in [-0.05, 0) is 57.6 Å². The van der Waals surface area contributed by atoms with Gasteiger partial charge in [0.1, 0.15) is 11.4 Å². The maximum atomic E-state index is 6.15. The summed E-state index contributed by atoms with van der Waals surface area (Å²) in [6.07, 6.45) is 9.50. The Hall–Kier alpha value is -1.58. The third-order valence-electron chi connectivity index (χ3n) is 3.63. The highest BCUT2D eigenvalue weighted by Crippen LogP contribution is 2.29. The molecule has 0 bridgehead atoms. The van der Waals surface area contributed by atoms with Crippen molar-refractivity contribution in [3.63, 3.8) is 0 Å². The molecule has 0 heterocycles. The third kappa shape index (κ3) is 5.37. The summed E-state index contributed by atoms with van der Waals surface area (Å²) in [6, 6.07) is 10.0. The minimum absolute atomic E-state index is 0.247. The van der Waals surface area contributed by atoms with Gasteiger partial charge in [-0.25, -0.2) is 0 Å². The van der Waals surface area contributed by atoms with E-state index < -0.39 is 0 Å². The van der Waals surface area contributed by atoms with Gasteiger partial charge in [0.2, 0.25) is 0 Å². The molecule has 1 unspecified atom stereocenters. The number of nitrogens with two attached hydrogens (primary N) is 1. The topological polar surface area (TPSA) is 47.3 Å². The quantitative estimate of drug-likeness (QED) is 0.722. The Kier molecular flexibility index (Phi) is 6.03. The molecule has 2 rings (SSSR count). The van der Waals surface area contributed by atoms with Crippen molar-refractivity contribution in [2.75, 3.05) is 19.6 Å². The van der Waals surface area contributed by atoms with Crippen molar-refractivity contribution in [1.29, 1.82) is 0 Å². The van der Waals surface area contributed by atoms with Gasteiger partial charge in [0.25, 0.3) is 0 Å². The molecule has 3 N–H and O–H groups in total. The number of hydrogen-bond donors (Lipinski definition) is 2. The van der Waals surface area contributed by atoms with Gasteiger partial charge in [-0.1, -0.05) is 35.9 Å². The summed E-state index contributed by atoms with van der Waals surface area (Å²) in [7, 11) is 0. The smallest absolute Gasteiger partial charge is 0.128 e. The molecule has 0 fully saturated rings. The maximum absolute atomic E-state index is 6.15. The van der Waals surface area contributed by atoms with Gasteiger partial charge in [0.05, 0.1) is 0 Å². The summed E-state index contributed by atoms with van der Waals surface area (Å²) in [4.78, 5) is 0. The van der Waals surface area contributed by atoms with Crippen LogP contribution in [-0.4, -0.2) is 25.2 Å². The Morgan fingerprint density at radius 2 is 2.05 bits per heavy atom. The van der Waals surface area contributed by atoms with Crippen molar-refractivity contribution in [2.24, 2.45) is 5.73 Å². The van der Waals surface area contributed by atoms with Crippen molar-refractivity contribution in [1.82, 2.24) is 5.32 Å². The molecule has 0 spiro atoms. The van der Waals surface area contributed by atoms with Crippen LogP contribution < -0.4 is 15.8 Å². The number of hydrogen-bond acceptors (Lipinski definition) is 3. The van der Waals surface area contributed by atoms with Crippen molar-refractivity contribution >= 4 is 0 Å². The summed E-state index contributed by atoms with van der Waals surface area (Å²) in [5.41, 5.74) is 6.67. The van der Waals surface area contributed by atoms with E-state index in [4.69, 9.17) is 10.5 Å². The second kappa shape index (κ2) is 8.01. The lowest BCUT2D eigenvalue weighted by Crippen LogP contribution is -2.32. The first-order chi connectivity index (χ1) is 10.2. The first kappa shape index (κ1) is 15.8. The molecule has 3 nitrogen and oxygen atoms in total. The minimum atomic E-state index is -0.247. The van der Waals surface area contributed by atoms with Crippen molar-refractivity contribution in [2.45, 2.75) is 31.8 Å². The SMILES string of the molecule is CC1(Oc2ccccc2)C=CC=C(CCNCCCN)C1. The fourth-order valence-electron chi connectivity index (χ4n) is 2.56. The van der Waals surface area contributed by atoms with Crippen LogP contribution in [0.5, 0.6) is 5.75 Å². The molecule has 0 aromatic heterocycles. The van der Waals surface area contributed by atoms with Crippen LogP contribution in [0.1, 0.15) is 26.2 Å². The molecule has 114 valence electrons. The Labute approximate surface area is 127 Å². The van der Waals surface area contributed by atoms with Gasteiger partial charge in [0.15, 0.2) is 0 Å². The van der Waals surface area contributed by atoms with Crippen molar-refractivity contribution < 1.29 is 4.74 Å². The van der Waals surface area contributed by atoms with E-state index in [-0.39, 0.29) is 5.60 Å². The molecular weight excluding hydrogens is 260 g/mol. The predicted molar refractivity (Wildman–Crippen MR) is 88.5 cm³/mol. The zero-order valence-electron chi connectivity index (χ0n) is 12.8. The largest absolute Gasteiger partial charge is 0.483 e. The monoisotopic (exact) mass is 286 g/mol. The summed E-state index contributed by atoms with van der Waals surface area (Å²) >= 11 is 0. The van der Waals surface area contributed by atoms with E-state index in [1.165, 1.54) is 5.57 Å². The van der Waals surface area contributed by atoms with Crippen molar-refractivity contribution in [3.05, 3.63) is 54.1 Å². The second-order valence-corrected chi connectivity index (χ2v) is 5.73. The number of ether oxygens (including phenoxy) is 1. The Bertz CT molecular complexity index is 481. The first-order valence-electron chi connectivity index (χ1n) is 7.74. The lowest BCUT2D eigenvalue weighted by molar-refractivity contribution is 0.138. The van der Waals surface area contributed by atoms with Crippen LogP contribution in [0.3, 0.4) is 0 Å². The number of nitrogens with one attached hydrogen (secondary N) is 1. The van der Waals surface area contributed by atoms with E-state index >= 15 is 0 Å². The standard InChI is InChI=1S/C18H26N2O/c1-18(21-17-8-3-2-4-9-17)11-5-7-16(15-18)10-14-20-13-6-12-19/h2-5,7-9,11,20H,6,10,12-15,19H2,1H3. The zero-order valence-corrected chi connectivity index (χ0v) is 12.8. The molecule has 0 saturated heterocycles. The van der Waals surface area contributed by atoms with Gasteiger partial charge in [-0.2, -0.15) is 0 Å². The first-order valence-corrected chi connectivity index (χ1v) is 7.74. The number of benzene rings is 1. The van der Waals surface area contributed by atoms with E-state index in [2.05, 4.69) is 30.5 Å². The van der Waals surface area contributed by atoms with Gasteiger partial charge in [0, 0.05) is 6.42 Å². The summed E-state index contributed by atoms with van der Waals surface area (Å²) in [5.74, 6) is 0.923. The summed E-state index contributed by atoms with van der Waals surface area (Å²) in [6.45, 7) is 4.89. The van der Waals surface area contributed by atoms with E-state index in [0.717, 1.165) is 44.6 Å². The molecular formula is C18H26N2O. The fraction of sp³-hybridized carbons (Fsp3) is 0.444. The minimum Gasteiger partial charge on any atom is -0.483 e. The molecule has 0 saturated carbocycles. The molecule has 1 aliphatic rings. The van der Waals surface area contributed by atoms with Crippen molar-refractivity contribution in [3.8, 4) is 5.75 Å². The number of allylic oxidation sites excluding steroid dienone is 2. The molecule has 1 aromatic rings.